The van der Waals surface area contributed by atoms with Gasteiger partial charge in [0.15, 0.2) is 0 Å². The minimum atomic E-state index is -0.753. The van der Waals surface area contributed by atoms with Gasteiger partial charge in [-0.2, -0.15) is 0 Å². The van der Waals surface area contributed by atoms with Crippen LogP contribution in [0.1, 0.15) is 17.3 Å². The molecule has 1 rings (SSSR count). The van der Waals surface area contributed by atoms with Crippen molar-refractivity contribution in [2.75, 3.05) is 6.54 Å². The number of amides is 1. The van der Waals surface area contributed by atoms with Crippen molar-refractivity contribution in [1.82, 2.24) is 5.32 Å². The topological polar surface area (TPSA) is 49.3 Å². The van der Waals surface area contributed by atoms with Crippen molar-refractivity contribution in [1.29, 1.82) is 0 Å². The summed E-state index contributed by atoms with van der Waals surface area (Å²) in [5.74, 6) is 3.72. The fourth-order valence-corrected chi connectivity index (χ4v) is 0.996. The lowest BCUT2D eigenvalue weighted by molar-refractivity contribution is 0.0954. The predicted molar refractivity (Wildman–Crippen MR) is 53.8 cm³/mol. The number of halogens is 1. The van der Waals surface area contributed by atoms with Gasteiger partial charge in [0, 0.05) is 6.07 Å². The van der Waals surface area contributed by atoms with E-state index in [4.69, 9.17) is 5.11 Å². The lowest BCUT2D eigenvalue weighted by atomic mass is 10.2. The highest BCUT2D eigenvalue weighted by Gasteiger charge is 2.10. The molecule has 0 saturated carbocycles. The molecule has 1 aromatic rings. The fourth-order valence-electron chi connectivity index (χ4n) is 0.996. The molecule has 0 atom stereocenters. The van der Waals surface area contributed by atoms with Crippen LogP contribution < -0.4 is 5.32 Å². The summed E-state index contributed by atoms with van der Waals surface area (Å²) in [4.78, 5) is 11.4. The van der Waals surface area contributed by atoms with Gasteiger partial charge in [0.1, 0.15) is 11.6 Å². The smallest absolute Gasteiger partial charge is 0.255 e. The lowest BCUT2D eigenvalue weighted by Crippen LogP contribution is -2.24. The van der Waals surface area contributed by atoms with E-state index >= 15 is 0 Å². The summed E-state index contributed by atoms with van der Waals surface area (Å²) in [6.45, 7) is 1.82. The number of carbonyl (C=O) groups excluding carboxylic acids is 1. The Morgan fingerprint density at radius 2 is 2.33 bits per heavy atom. The molecule has 0 unspecified atom stereocenters. The van der Waals surface area contributed by atoms with E-state index in [1.54, 1.807) is 6.92 Å². The summed E-state index contributed by atoms with van der Waals surface area (Å²) >= 11 is 0. The highest BCUT2D eigenvalue weighted by atomic mass is 19.1. The Balaban J connectivity index is 2.76. The number of nitrogens with one attached hydrogen (secondary N) is 1. The summed E-state index contributed by atoms with van der Waals surface area (Å²) in [6.07, 6.45) is 0. The number of phenols is 1. The van der Waals surface area contributed by atoms with Crippen molar-refractivity contribution in [3.63, 3.8) is 0 Å². The first-order valence-corrected chi connectivity index (χ1v) is 4.31. The molecule has 3 nitrogen and oxygen atoms in total. The molecule has 0 radical (unpaired) electrons. The molecule has 1 aromatic carbocycles. The highest BCUT2D eigenvalue weighted by molar-refractivity contribution is 5.94. The van der Waals surface area contributed by atoms with E-state index in [2.05, 4.69) is 17.2 Å². The Kier molecular flexibility index (Phi) is 3.69. The van der Waals surface area contributed by atoms with E-state index in [0.29, 0.717) is 0 Å². The minimum absolute atomic E-state index is 0.106. The fraction of sp³-hybridized carbons (Fsp3) is 0.182. The number of benzene rings is 1. The number of rotatable bonds is 2. The number of hydrogen-bond donors (Lipinski definition) is 2. The van der Waals surface area contributed by atoms with Crippen LogP contribution in [-0.4, -0.2) is 17.6 Å². The van der Waals surface area contributed by atoms with Gasteiger partial charge in [0.2, 0.25) is 0 Å². The average molecular weight is 207 g/mol. The zero-order chi connectivity index (χ0) is 11.3. The van der Waals surface area contributed by atoms with E-state index < -0.39 is 11.7 Å². The summed E-state index contributed by atoms with van der Waals surface area (Å²) < 4.78 is 13.2. The summed E-state index contributed by atoms with van der Waals surface area (Å²) in [6, 6.07) is 3.36. The van der Waals surface area contributed by atoms with Crippen molar-refractivity contribution in [2.45, 2.75) is 6.92 Å². The molecular formula is C11H10FNO2. The third-order valence-electron chi connectivity index (χ3n) is 1.71. The zero-order valence-corrected chi connectivity index (χ0v) is 8.17. The van der Waals surface area contributed by atoms with Gasteiger partial charge < -0.3 is 10.4 Å². The van der Waals surface area contributed by atoms with Gasteiger partial charge in [0.25, 0.3) is 5.91 Å². The van der Waals surface area contributed by atoms with Crippen molar-refractivity contribution >= 4 is 5.91 Å². The maximum Gasteiger partial charge on any atom is 0.255 e. The van der Waals surface area contributed by atoms with Crippen LogP contribution in [0.15, 0.2) is 18.2 Å². The maximum absolute atomic E-state index is 13.2. The van der Waals surface area contributed by atoms with E-state index in [9.17, 15) is 9.18 Å². The Morgan fingerprint density at radius 3 is 2.93 bits per heavy atom. The van der Waals surface area contributed by atoms with E-state index in [1.165, 1.54) is 12.1 Å². The minimum Gasteiger partial charge on any atom is -0.508 e. The summed E-state index contributed by atoms with van der Waals surface area (Å²) in [5, 5.41) is 11.4. The number of carbonyl (C=O) groups is 1. The van der Waals surface area contributed by atoms with Gasteiger partial charge in [-0.25, -0.2) is 4.39 Å². The SMILES string of the molecule is CC#CCNC(=O)c1ccc(O)cc1F. The van der Waals surface area contributed by atoms with E-state index in [-0.39, 0.29) is 17.9 Å². The maximum atomic E-state index is 13.2. The quantitative estimate of drug-likeness (QED) is 0.718. The third-order valence-corrected chi connectivity index (χ3v) is 1.71. The van der Waals surface area contributed by atoms with Crippen molar-refractivity contribution in [3.8, 4) is 17.6 Å². The van der Waals surface area contributed by atoms with E-state index in [1.807, 2.05) is 0 Å². The average Bonchev–Trinajstić information content (AvgIpc) is 2.17. The second-order valence-electron chi connectivity index (χ2n) is 2.77. The first-order valence-electron chi connectivity index (χ1n) is 4.31. The van der Waals surface area contributed by atoms with Gasteiger partial charge >= 0.3 is 0 Å². The largest absolute Gasteiger partial charge is 0.508 e. The van der Waals surface area contributed by atoms with Gasteiger partial charge in [-0.05, 0) is 19.1 Å². The van der Waals surface area contributed by atoms with E-state index in [0.717, 1.165) is 6.07 Å². The molecule has 2 N–H and O–H groups in total. The Morgan fingerprint density at radius 1 is 1.60 bits per heavy atom. The lowest BCUT2D eigenvalue weighted by Gasteiger charge is -2.02. The molecule has 0 aliphatic heterocycles. The highest BCUT2D eigenvalue weighted by Crippen LogP contribution is 2.14. The Hall–Kier alpha value is -2.02. The van der Waals surface area contributed by atoms with Crippen LogP contribution in [0, 0.1) is 17.7 Å². The van der Waals surface area contributed by atoms with Gasteiger partial charge in [0.05, 0.1) is 12.1 Å². The van der Waals surface area contributed by atoms with Crippen molar-refractivity contribution in [3.05, 3.63) is 29.6 Å². The molecule has 0 aromatic heterocycles. The van der Waals surface area contributed by atoms with Crippen molar-refractivity contribution < 1.29 is 14.3 Å². The molecule has 0 fully saturated rings. The Bertz CT molecular complexity index is 432. The molecule has 0 heterocycles. The zero-order valence-electron chi connectivity index (χ0n) is 8.17. The molecule has 15 heavy (non-hydrogen) atoms. The molecule has 4 heteroatoms. The first-order chi connectivity index (χ1) is 7.15. The monoisotopic (exact) mass is 207 g/mol. The van der Waals surface area contributed by atoms with Crippen LogP contribution in [0.5, 0.6) is 5.75 Å². The molecule has 0 aliphatic rings. The molecule has 0 spiro atoms. The number of hydrogen-bond acceptors (Lipinski definition) is 2. The molecular weight excluding hydrogens is 197 g/mol. The second kappa shape index (κ2) is 5.01. The van der Waals surface area contributed by atoms with Gasteiger partial charge in [-0.1, -0.05) is 5.92 Å². The predicted octanol–water partition coefficient (Wildman–Crippen LogP) is 1.28. The summed E-state index contributed by atoms with van der Waals surface area (Å²) in [7, 11) is 0. The van der Waals surface area contributed by atoms with Crippen LogP contribution in [0.25, 0.3) is 0 Å². The first kappa shape index (κ1) is 11.1. The molecule has 1 amide bonds. The second-order valence-corrected chi connectivity index (χ2v) is 2.77. The van der Waals surface area contributed by atoms with Gasteiger partial charge in [-0.15, -0.1) is 5.92 Å². The van der Waals surface area contributed by atoms with Gasteiger partial charge in [-0.3, -0.25) is 4.79 Å². The Labute approximate surface area is 86.9 Å². The standard InChI is InChI=1S/C11H10FNO2/c1-2-3-6-13-11(15)9-5-4-8(14)7-10(9)12/h4-5,7,14H,6H2,1H3,(H,13,15). The summed E-state index contributed by atoms with van der Waals surface area (Å²) in [5.41, 5.74) is -0.106. The van der Waals surface area contributed by atoms with Crippen LogP contribution >= 0.6 is 0 Å². The number of aromatic hydroxyl groups is 1. The van der Waals surface area contributed by atoms with Crippen LogP contribution in [-0.2, 0) is 0 Å². The van der Waals surface area contributed by atoms with Crippen molar-refractivity contribution in [2.24, 2.45) is 0 Å². The number of phenolic OH excluding ortho intramolecular Hbond substituents is 1. The third kappa shape index (κ3) is 2.99. The molecule has 0 aliphatic carbocycles. The molecule has 0 saturated heterocycles. The van der Waals surface area contributed by atoms with Crippen LogP contribution in [0.2, 0.25) is 0 Å². The molecule has 78 valence electrons. The molecule has 0 bridgehead atoms. The van der Waals surface area contributed by atoms with Crippen LogP contribution in [0.4, 0.5) is 4.39 Å². The van der Waals surface area contributed by atoms with Crippen LogP contribution in [0.3, 0.4) is 0 Å². The normalized spacial score (nSPS) is 8.93.